The number of thioether (sulfide) groups is 1. The molecule has 1 aliphatic heterocycles. The number of anilines is 1. The lowest BCUT2D eigenvalue weighted by atomic mass is 10.1. The van der Waals surface area contributed by atoms with E-state index in [0.29, 0.717) is 25.8 Å². The molecule has 7 nitrogen and oxygen atoms in total. The van der Waals surface area contributed by atoms with E-state index >= 15 is 0 Å². The highest BCUT2D eigenvalue weighted by Gasteiger charge is 2.50. The number of hydroxylamine groups is 2. The number of nitrogens with one attached hydrogen (secondary N) is 1. The van der Waals surface area contributed by atoms with Crippen molar-refractivity contribution >= 4 is 69.4 Å². The van der Waals surface area contributed by atoms with Crippen LogP contribution in [-0.2, 0) is 0 Å². The van der Waals surface area contributed by atoms with Crippen molar-refractivity contribution < 1.29 is 14.7 Å². The molecule has 3 rings (SSSR count). The van der Waals surface area contributed by atoms with Crippen molar-refractivity contribution in [3.63, 3.8) is 0 Å². The summed E-state index contributed by atoms with van der Waals surface area (Å²) in [7, 11) is 1.57. The van der Waals surface area contributed by atoms with Gasteiger partial charge in [0.15, 0.2) is 10.5 Å². The summed E-state index contributed by atoms with van der Waals surface area (Å²) >= 11 is 18.7. The van der Waals surface area contributed by atoms with E-state index in [1.807, 2.05) is 38.1 Å². The average molecular weight is 499 g/mol. The number of ether oxygens (including phenoxy) is 1. The second kappa shape index (κ2) is 9.62. The Balaban J connectivity index is 1.84. The number of nitrogens with zero attached hydrogens (tertiary/aromatic N) is 3. The predicted molar refractivity (Wildman–Crippen MR) is 130 cm³/mol. The molecule has 11 heteroatoms. The number of thiocarbonyl (C=S) groups is 1. The van der Waals surface area contributed by atoms with Crippen molar-refractivity contribution in [2.75, 3.05) is 12.4 Å². The first-order valence-electron chi connectivity index (χ1n) is 9.07. The molecule has 31 heavy (non-hydrogen) atoms. The summed E-state index contributed by atoms with van der Waals surface area (Å²) in [6.07, 6.45) is 0.712. The Morgan fingerprint density at radius 3 is 2.71 bits per heavy atom. The van der Waals surface area contributed by atoms with Gasteiger partial charge in [0.1, 0.15) is 5.75 Å². The van der Waals surface area contributed by atoms with Crippen molar-refractivity contribution in [1.82, 2.24) is 10.1 Å². The minimum atomic E-state index is -0.862. The van der Waals surface area contributed by atoms with Gasteiger partial charge in [-0.15, -0.1) is 0 Å². The van der Waals surface area contributed by atoms with Crippen LogP contribution in [0.5, 0.6) is 5.75 Å². The standard InChI is InChI=1S/C20H20Cl2N4O3S2/c1-20(2)17(26(28)18(27)24-13-8-9-14(21)15(22)10-13)25(19(30)31-20)23-11-12-6-4-5-7-16(12)29-3/h4-11,17,28H,1-3H3,(H,24,27)/b23-11+. The molecule has 1 saturated heterocycles. The minimum absolute atomic E-state index is 0.282. The van der Waals surface area contributed by atoms with Crippen LogP contribution in [0.4, 0.5) is 10.5 Å². The van der Waals surface area contributed by atoms with E-state index in [-0.39, 0.29) is 5.02 Å². The van der Waals surface area contributed by atoms with Gasteiger partial charge in [-0.25, -0.2) is 9.80 Å². The average Bonchev–Trinajstić information content (AvgIpc) is 2.96. The van der Waals surface area contributed by atoms with Crippen LogP contribution in [0.3, 0.4) is 0 Å². The highest BCUT2D eigenvalue weighted by molar-refractivity contribution is 8.24. The van der Waals surface area contributed by atoms with E-state index < -0.39 is 16.9 Å². The van der Waals surface area contributed by atoms with Gasteiger partial charge >= 0.3 is 6.03 Å². The molecule has 2 aromatic carbocycles. The Morgan fingerprint density at radius 2 is 2.03 bits per heavy atom. The van der Waals surface area contributed by atoms with Crippen molar-refractivity contribution in [3.05, 3.63) is 58.1 Å². The molecular weight excluding hydrogens is 479 g/mol. The fourth-order valence-electron chi connectivity index (χ4n) is 2.99. The van der Waals surface area contributed by atoms with Gasteiger partial charge in [-0.1, -0.05) is 59.3 Å². The molecule has 0 aliphatic carbocycles. The molecule has 1 unspecified atom stereocenters. The molecule has 1 aliphatic rings. The minimum Gasteiger partial charge on any atom is -0.496 e. The summed E-state index contributed by atoms with van der Waals surface area (Å²) in [4.78, 5) is 12.7. The maximum Gasteiger partial charge on any atom is 0.347 e. The van der Waals surface area contributed by atoms with Crippen LogP contribution >= 0.6 is 47.2 Å². The Morgan fingerprint density at radius 1 is 1.32 bits per heavy atom. The lowest BCUT2D eigenvalue weighted by Crippen LogP contribution is -2.54. The zero-order chi connectivity index (χ0) is 22.8. The highest BCUT2D eigenvalue weighted by atomic mass is 35.5. The first kappa shape index (κ1) is 23.6. The van der Waals surface area contributed by atoms with Gasteiger partial charge in [-0.3, -0.25) is 5.21 Å². The van der Waals surface area contributed by atoms with Gasteiger partial charge in [-0.2, -0.15) is 10.2 Å². The van der Waals surface area contributed by atoms with Crippen LogP contribution in [0.25, 0.3) is 0 Å². The van der Waals surface area contributed by atoms with E-state index in [1.165, 1.54) is 22.8 Å². The summed E-state index contributed by atoms with van der Waals surface area (Å²) in [6, 6.07) is 11.2. The number of carbonyl (C=O) groups is 1. The zero-order valence-corrected chi connectivity index (χ0v) is 20.0. The van der Waals surface area contributed by atoms with Crippen molar-refractivity contribution in [2.45, 2.75) is 24.8 Å². The Bertz CT molecular complexity index is 1040. The fraction of sp³-hybridized carbons (Fsp3) is 0.250. The summed E-state index contributed by atoms with van der Waals surface area (Å²) in [5, 5.41) is 20.5. The topological polar surface area (TPSA) is 77.4 Å². The maximum absolute atomic E-state index is 12.7. The van der Waals surface area contributed by atoms with Crippen LogP contribution < -0.4 is 10.1 Å². The number of halogens is 2. The Labute approximate surface area is 199 Å². The predicted octanol–water partition coefficient (Wildman–Crippen LogP) is 5.70. The first-order valence-corrected chi connectivity index (χ1v) is 11.1. The molecule has 2 aromatic rings. The van der Waals surface area contributed by atoms with Crippen molar-refractivity contribution in [2.24, 2.45) is 5.10 Å². The molecule has 0 saturated carbocycles. The molecule has 1 heterocycles. The number of benzene rings is 2. The van der Waals surface area contributed by atoms with Crippen LogP contribution in [0, 0.1) is 0 Å². The summed E-state index contributed by atoms with van der Waals surface area (Å²) < 4.78 is 5.11. The first-order chi connectivity index (χ1) is 14.6. The van der Waals surface area contributed by atoms with Crippen LogP contribution in [-0.4, -0.2) is 49.9 Å². The van der Waals surface area contributed by atoms with Gasteiger partial charge in [0.2, 0.25) is 0 Å². The molecule has 0 aromatic heterocycles. The Kier molecular flexibility index (Phi) is 7.33. The maximum atomic E-state index is 12.7. The van der Waals surface area contributed by atoms with Gasteiger partial charge in [0.25, 0.3) is 0 Å². The summed E-state index contributed by atoms with van der Waals surface area (Å²) in [5.74, 6) is 0.637. The number of hydrogen-bond donors (Lipinski definition) is 2. The van der Waals surface area contributed by atoms with Gasteiger partial charge < -0.3 is 10.1 Å². The summed E-state index contributed by atoms with van der Waals surface area (Å²) in [6.45, 7) is 3.73. The second-order valence-electron chi connectivity index (χ2n) is 7.08. The second-order valence-corrected chi connectivity index (χ2v) is 10.2. The van der Waals surface area contributed by atoms with E-state index in [1.54, 1.807) is 25.5 Å². The third-order valence-corrected chi connectivity index (χ3v) is 6.74. The molecule has 1 atom stereocenters. The van der Waals surface area contributed by atoms with Gasteiger partial charge in [-0.05, 0) is 44.2 Å². The molecule has 164 valence electrons. The van der Waals surface area contributed by atoms with Crippen LogP contribution in [0.15, 0.2) is 47.6 Å². The van der Waals surface area contributed by atoms with E-state index in [9.17, 15) is 10.0 Å². The number of hydrazone groups is 1. The largest absolute Gasteiger partial charge is 0.496 e. The molecule has 0 bridgehead atoms. The van der Waals surface area contributed by atoms with Gasteiger partial charge in [0, 0.05) is 11.3 Å². The Hall–Kier alpha value is -2.04. The zero-order valence-electron chi connectivity index (χ0n) is 16.9. The molecule has 2 amide bonds. The highest BCUT2D eigenvalue weighted by Crippen LogP contribution is 2.42. The number of para-hydroxylation sites is 1. The van der Waals surface area contributed by atoms with Crippen LogP contribution in [0.2, 0.25) is 10.0 Å². The normalized spacial score (nSPS) is 17.8. The quantitative estimate of drug-likeness (QED) is 0.238. The third-order valence-electron chi connectivity index (χ3n) is 4.46. The van der Waals surface area contributed by atoms with Crippen molar-refractivity contribution in [3.8, 4) is 5.75 Å². The lowest BCUT2D eigenvalue weighted by Gasteiger charge is -2.34. The van der Waals surface area contributed by atoms with Gasteiger partial charge in [0.05, 0.1) is 28.1 Å². The number of hydrogen-bond acceptors (Lipinski definition) is 6. The SMILES string of the molecule is COc1ccccc1/C=N/N1C(=S)SC(C)(C)C1N(O)C(=O)Nc1ccc(Cl)c(Cl)c1. The van der Waals surface area contributed by atoms with E-state index in [2.05, 4.69) is 10.4 Å². The monoisotopic (exact) mass is 498 g/mol. The fourth-order valence-corrected chi connectivity index (χ4v) is 5.08. The van der Waals surface area contributed by atoms with Crippen LogP contribution in [0.1, 0.15) is 19.4 Å². The third kappa shape index (κ3) is 5.24. The van der Waals surface area contributed by atoms with Crippen molar-refractivity contribution in [1.29, 1.82) is 0 Å². The van der Waals surface area contributed by atoms with E-state index in [0.717, 1.165) is 5.56 Å². The smallest absolute Gasteiger partial charge is 0.347 e. The molecule has 0 spiro atoms. The lowest BCUT2D eigenvalue weighted by molar-refractivity contribution is -0.114. The number of carbonyl (C=O) groups excluding carboxylic acids is 1. The van der Waals surface area contributed by atoms with E-state index in [4.69, 9.17) is 40.2 Å². The molecular formula is C20H20Cl2N4O3S2. The number of rotatable bonds is 5. The molecule has 0 radical (unpaired) electrons. The number of methoxy groups -OCH3 is 1. The number of amides is 2. The molecule has 2 N–H and O–H groups in total. The number of urea groups is 1. The summed E-state index contributed by atoms with van der Waals surface area (Å²) in [5.41, 5.74) is 1.11. The molecule has 1 fully saturated rings.